The summed E-state index contributed by atoms with van der Waals surface area (Å²) in [5, 5.41) is 2.09. The highest BCUT2D eigenvalue weighted by Crippen LogP contribution is 2.29. The number of fused-ring (bicyclic) bond motifs is 1. The van der Waals surface area contributed by atoms with Gasteiger partial charge in [-0.25, -0.2) is 4.98 Å². The quantitative estimate of drug-likeness (QED) is 0.786. The Balaban J connectivity index is 2.05. The fourth-order valence-corrected chi connectivity index (χ4v) is 2.81. The second kappa shape index (κ2) is 4.34. The molecule has 0 saturated heterocycles. The summed E-state index contributed by atoms with van der Waals surface area (Å²) in [5.74, 6) is 1.40. The van der Waals surface area contributed by atoms with E-state index < -0.39 is 0 Å². The summed E-state index contributed by atoms with van der Waals surface area (Å²) in [6.45, 7) is 2.65. The zero-order chi connectivity index (χ0) is 12.5. The fraction of sp³-hybridized carbons (Fsp3) is 0.154. The maximum absolute atomic E-state index is 5.87. The molecule has 0 amide bonds. The van der Waals surface area contributed by atoms with Gasteiger partial charge < -0.3 is 10.5 Å². The van der Waals surface area contributed by atoms with Crippen molar-refractivity contribution >= 4 is 22.1 Å². The predicted molar refractivity (Wildman–Crippen MR) is 74.1 cm³/mol. The standard InChI is InChI=1S/C13H13N3OS/c1-2-17-10-5-3-9(4-6-10)11-8-18-12-7-15-13(14)16(11)12/h3-8H,2H2,1H3,(H2,14,15). The summed E-state index contributed by atoms with van der Waals surface area (Å²) in [6, 6.07) is 8.00. The molecule has 0 fully saturated rings. The van der Waals surface area contributed by atoms with Crippen molar-refractivity contribution in [3.63, 3.8) is 0 Å². The van der Waals surface area contributed by atoms with Crippen LogP contribution < -0.4 is 10.5 Å². The number of nitrogens with two attached hydrogens (primary N) is 1. The van der Waals surface area contributed by atoms with Crippen molar-refractivity contribution in [2.45, 2.75) is 6.92 Å². The van der Waals surface area contributed by atoms with Crippen LogP contribution in [-0.4, -0.2) is 16.0 Å². The van der Waals surface area contributed by atoms with Crippen molar-refractivity contribution in [2.75, 3.05) is 12.3 Å². The number of ether oxygens (including phenoxy) is 1. The summed E-state index contributed by atoms with van der Waals surface area (Å²) < 4.78 is 7.39. The van der Waals surface area contributed by atoms with Gasteiger partial charge in [0.1, 0.15) is 10.6 Å². The third kappa shape index (κ3) is 1.73. The third-order valence-corrected chi connectivity index (χ3v) is 3.62. The van der Waals surface area contributed by atoms with Gasteiger partial charge in [-0.15, -0.1) is 11.3 Å². The minimum atomic E-state index is 0.523. The molecule has 0 saturated carbocycles. The lowest BCUT2D eigenvalue weighted by Gasteiger charge is -2.05. The summed E-state index contributed by atoms with van der Waals surface area (Å²) in [6.07, 6.45) is 1.79. The number of aromatic nitrogens is 2. The van der Waals surface area contributed by atoms with Crippen LogP contribution in [0.1, 0.15) is 6.92 Å². The van der Waals surface area contributed by atoms with E-state index in [1.54, 1.807) is 17.5 Å². The molecule has 0 bridgehead atoms. The number of thiazole rings is 1. The first kappa shape index (κ1) is 11.1. The van der Waals surface area contributed by atoms with E-state index in [0.29, 0.717) is 12.6 Å². The molecule has 0 aliphatic carbocycles. The topological polar surface area (TPSA) is 52.5 Å². The molecule has 0 aliphatic heterocycles. The van der Waals surface area contributed by atoms with Gasteiger partial charge in [-0.3, -0.25) is 4.40 Å². The number of nitrogens with zero attached hydrogens (tertiary/aromatic N) is 2. The monoisotopic (exact) mass is 259 g/mol. The Morgan fingerprint density at radius 2 is 2.11 bits per heavy atom. The highest BCUT2D eigenvalue weighted by molar-refractivity contribution is 7.16. The normalized spacial score (nSPS) is 10.9. The number of hydrogen-bond donors (Lipinski definition) is 1. The van der Waals surface area contributed by atoms with Gasteiger partial charge in [-0.05, 0) is 36.8 Å². The minimum absolute atomic E-state index is 0.523. The van der Waals surface area contributed by atoms with Gasteiger partial charge in [-0.1, -0.05) is 0 Å². The van der Waals surface area contributed by atoms with Crippen LogP contribution in [0.2, 0.25) is 0 Å². The summed E-state index contributed by atoms with van der Waals surface area (Å²) in [4.78, 5) is 5.17. The molecule has 3 aromatic rings. The maximum Gasteiger partial charge on any atom is 0.206 e. The van der Waals surface area contributed by atoms with Gasteiger partial charge in [-0.2, -0.15) is 0 Å². The average molecular weight is 259 g/mol. The lowest BCUT2D eigenvalue weighted by Crippen LogP contribution is -1.95. The number of hydrogen-bond acceptors (Lipinski definition) is 4. The van der Waals surface area contributed by atoms with E-state index in [0.717, 1.165) is 21.8 Å². The molecule has 2 aromatic heterocycles. The molecule has 0 unspecified atom stereocenters. The molecule has 2 heterocycles. The number of nitrogen functional groups attached to an aromatic ring is 1. The molecule has 2 N–H and O–H groups in total. The van der Waals surface area contributed by atoms with Crippen LogP contribution in [0, 0.1) is 0 Å². The van der Waals surface area contributed by atoms with E-state index >= 15 is 0 Å². The third-order valence-electron chi connectivity index (χ3n) is 2.75. The van der Waals surface area contributed by atoms with E-state index in [9.17, 15) is 0 Å². The highest BCUT2D eigenvalue weighted by atomic mass is 32.1. The first-order valence-corrected chi connectivity index (χ1v) is 6.61. The molecular formula is C13H13N3OS. The molecule has 0 radical (unpaired) electrons. The Bertz CT molecular complexity index is 669. The fourth-order valence-electron chi connectivity index (χ4n) is 1.93. The van der Waals surface area contributed by atoms with Crippen LogP contribution in [0.25, 0.3) is 16.1 Å². The van der Waals surface area contributed by atoms with Gasteiger partial charge >= 0.3 is 0 Å². The molecule has 92 valence electrons. The van der Waals surface area contributed by atoms with Crippen LogP contribution in [0.3, 0.4) is 0 Å². The summed E-state index contributed by atoms with van der Waals surface area (Å²) >= 11 is 1.63. The predicted octanol–water partition coefficient (Wildman–Crippen LogP) is 3.04. The van der Waals surface area contributed by atoms with Crippen LogP contribution in [0.15, 0.2) is 35.8 Å². The molecule has 0 aliphatic rings. The van der Waals surface area contributed by atoms with E-state index in [2.05, 4.69) is 10.4 Å². The van der Waals surface area contributed by atoms with Gasteiger partial charge in [0.2, 0.25) is 5.95 Å². The van der Waals surface area contributed by atoms with Crippen LogP contribution >= 0.6 is 11.3 Å². The van der Waals surface area contributed by atoms with E-state index in [4.69, 9.17) is 10.5 Å². The maximum atomic E-state index is 5.87. The molecule has 1 aromatic carbocycles. The summed E-state index contributed by atoms with van der Waals surface area (Å²) in [5.41, 5.74) is 8.04. The molecule has 5 heteroatoms. The molecule has 3 rings (SSSR count). The number of anilines is 1. The highest BCUT2D eigenvalue weighted by Gasteiger charge is 2.09. The van der Waals surface area contributed by atoms with Gasteiger partial charge in [0.05, 0.1) is 18.5 Å². The largest absolute Gasteiger partial charge is 0.494 e. The molecular weight excluding hydrogens is 246 g/mol. The Kier molecular flexibility index (Phi) is 2.68. The lowest BCUT2D eigenvalue weighted by atomic mass is 10.1. The van der Waals surface area contributed by atoms with Crippen molar-refractivity contribution in [1.82, 2.24) is 9.38 Å². The summed E-state index contributed by atoms with van der Waals surface area (Å²) in [7, 11) is 0. The van der Waals surface area contributed by atoms with Crippen LogP contribution in [0.4, 0.5) is 5.95 Å². The van der Waals surface area contributed by atoms with E-state index in [1.165, 1.54) is 0 Å². The first-order chi connectivity index (χ1) is 8.79. The van der Waals surface area contributed by atoms with E-state index in [1.807, 2.05) is 35.6 Å². The van der Waals surface area contributed by atoms with Crippen LogP contribution in [0.5, 0.6) is 5.75 Å². The van der Waals surface area contributed by atoms with Crippen molar-refractivity contribution in [1.29, 1.82) is 0 Å². The zero-order valence-electron chi connectivity index (χ0n) is 9.96. The van der Waals surface area contributed by atoms with Gasteiger partial charge in [0.25, 0.3) is 0 Å². The van der Waals surface area contributed by atoms with E-state index in [-0.39, 0.29) is 0 Å². The lowest BCUT2D eigenvalue weighted by molar-refractivity contribution is 0.340. The minimum Gasteiger partial charge on any atom is -0.494 e. The van der Waals surface area contributed by atoms with Crippen LogP contribution in [-0.2, 0) is 0 Å². The SMILES string of the molecule is CCOc1ccc(-c2csc3cnc(N)n23)cc1. The molecule has 18 heavy (non-hydrogen) atoms. The van der Waals surface area contributed by atoms with Gasteiger partial charge in [0.15, 0.2) is 0 Å². The number of imidazole rings is 1. The molecule has 0 atom stereocenters. The Morgan fingerprint density at radius 1 is 1.33 bits per heavy atom. The number of rotatable bonds is 3. The average Bonchev–Trinajstić information content (AvgIpc) is 2.95. The smallest absolute Gasteiger partial charge is 0.206 e. The molecule has 4 nitrogen and oxygen atoms in total. The van der Waals surface area contributed by atoms with Crippen molar-refractivity contribution in [3.05, 3.63) is 35.8 Å². The number of benzene rings is 1. The van der Waals surface area contributed by atoms with Gasteiger partial charge in [0, 0.05) is 5.38 Å². The van der Waals surface area contributed by atoms with Crippen molar-refractivity contribution in [3.8, 4) is 17.0 Å². The second-order valence-corrected chi connectivity index (χ2v) is 4.76. The Hall–Kier alpha value is -2.01. The first-order valence-electron chi connectivity index (χ1n) is 5.73. The Morgan fingerprint density at radius 3 is 2.83 bits per heavy atom. The van der Waals surface area contributed by atoms with Crippen molar-refractivity contribution < 1.29 is 4.74 Å². The Labute approximate surface area is 109 Å². The molecule has 0 spiro atoms. The zero-order valence-corrected chi connectivity index (χ0v) is 10.8. The van der Waals surface area contributed by atoms with Crippen molar-refractivity contribution in [2.24, 2.45) is 0 Å². The second-order valence-electron chi connectivity index (χ2n) is 3.87.